The Morgan fingerprint density at radius 3 is 2.74 bits per heavy atom. The minimum absolute atomic E-state index is 0.103. The lowest BCUT2D eigenvalue weighted by Crippen LogP contribution is -2.53. The number of hydrogen-bond donors (Lipinski definition) is 2. The number of benzene rings is 1. The molecule has 4 heteroatoms. The fourth-order valence-corrected chi connectivity index (χ4v) is 2.62. The van der Waals surface area contributed by atoms with Crippen molar-refractivity contribution in [1.29, 1.82) is 0 Å². The van der Waals surface area contributed by atoms with E-state index in [0.717, 1.165) is 30.8 Å². The van der Waals surface area contributed by atoms with E-state index in [0.29, 0.717) is 0 Å². The summed E-state index contributed by atoms with van der Waals surface area (Å²) in [5.41, 5.74) is 0.788. The molecule has 1 aliphatic heterocycles. The van der Waals surface area contributed by atoms with Crippen LogP contribution in [0, 0.1) is 0 Å². The van der Waals surface area contributed by atoms with E-state index in [4.69, 9.17) is 11.6 Å². The summed E-state index contributed by atoms with van der Waals surface area (Å²) >= 11 is 5.86. The number of amides is 1. The van der Waals surface area contributed by atoms with Gasteiger partial charge in [-0.1, -0.05) is 23.7 Å². The van der Waals surface area contributed by atoms with Gasteiger partial charge in [0, 0.05) is 11.1 Å². The average molecular weight is 281 g/mol. The van der Waals surface area contributed by atoms with E-state index in [1.165, 1.54) is 5.56 Å². The van der Waals surface area contributed by atoms with Crippen LogP contribution in [-0.2, 0) is 11.2 Å². The highest BCUT2D eigenvalue weighted by atomic mass is 35.5. The summed E-state index contributed by atoms with van der Waals surface area (Å²) in [6, 6.07) is 7.88. The molecule has 19 heavy (non-hydrogen) atoms. The van der Waals surface area contributed by atoms with Gasteiger partial charge < -0.3 is 10.6 Å². The molecule has 1 aromatic carbocycles. The SMILES string of the molecule is CC(Cc1ccc(Cl)cc1)NC(=O)C1(C)CCCN1. The standard InChI is InChI=1S/C15H21ClN2O/c1-11(10-12-4-6-13(16)7-5-12)18-14(19)15(2)8-3-9-17-15/h4-7,11,17H,3,8-10H2,1-2H3,(H,18,19). The molecule has 2 rings (SSSR count). The van der Waals surface area contributed by atoms with E-state index in [-0.39, 0.29) is 11.9 Å². The molecule has 1 amide bonds. The van der Waals surface area contributed by atoms with Crippen molar-refractivity contribution in [3.63, 3.8) is 0 Å². The largest absolute Gasteiger partial charge is 0.352 e. The molecule has 2 N–H and O–H groups in total. The Morgan fingerprint density at radius 1 is 1.47 bits per heavy atom. The lowest BCUT2D eigenvalue weighted by Gasteiger charge is -2.25. The molecule has 104 valence electrons. The fraction of sp³-hybridized carbons (Fsp3) is 0.533. The summed E-state index contributed by atoms with van der Waals surface area (Å²) in [6.07, 6.45) is 2.79. The summed E-state index contributed by atoms with van der Waals surface area (Å²) in [7, 11) is 0. The molecule has 0 radical (unpaired) electrons. The van der Waals surface area contributed by atoms with Gasteiger partial charge in [-0.25, -0.2) is 0 Å². The Bertz CT molecular complexity index is 438. The van der Waals surface area contributed by atoms with E-state index in [1.54, 1.807) is 0 Å². The molecule has 1 heterocycles. The Kier molecular flexibility index (Phi) is 4.48. The Labute approximate surface area is 119 Å². The molecule has 1 fully saturated rings. The highest BCUT2D eigenvalue weighted by molar-refractivity contribution is 6.30. The monoisotopic (exact) mass is 280 g/mol. The van der Waals surface area contributed by atoms with Gasteiger partial charge in [-0.05, 0) is 57.4 Å². The lowest BCUT2D eigenvalue weighted by molar-refractivity contribution is -0.127. The van der Waals surface area contributed by atoms with Gasteiger partial charge in [0.2, 0.25) is 5.91 Å². The predicted octanol–water partition coefficient (Wildman–Crippen LogP) is 2.53. The third-order valence-corrected chi connectivity index (χ3v) is 3.95. The second kappa shape index (κ2) is 5.93. The predicted molar refractivity (Wildman–Crippen MR) is 78.4 cm³/mol. The Hall–Kier alpha value is -1.06. The van der Waals surface area contributed by atoms with Crippen LogP contribution in [0.1, 0.15) is 32.3 Å². The fourth-order valence-electron chi connectivity index (χ4n) is 2.50. The number of rotatable bonds is 4. The summed E-state index contributed by atoms with van der Waals surface area (Å²) in [6.45, 7) is 4.94. The molecule has 0 aromatic heterocycles. The van der Waals surface area contributed by atoms with E-state index < -0.39 is 5.54 Å². The molecule has 1 saturated heterocycles. The normalized spacial score (nSPS) is 24.2. The first-order chi connectivity index (χ1) is 8.99. The maximum atomic E-state index is 12.2. The van der Waals surface area contributed by atoms with Gasteiger partial charge in [0.25, 0.3) is 0 Å². The second-order valence-electron chi connectivity index (χ2n) is 5.57. The Morgan fingerprint density at radius 2 is 2.16 bits per heavy atom. The molecule has 0 bridgehead atoms. The van der Waals surface area contributed by atoms with Crippen molar-refractivity contribution in [2.45, 2.75) is 44.7 Å². The zero-order valence-electron chi connectivity index (χ0n) is 11.5. The van der Waals surface area contributed by atoms with Crippen LogP contribution in [0.2, 0.25) is 5.02 Å². The van der Waals surface area contributed by atoms with Crippen LogP contribution in [0.5, 0.6) is 0 Å². The van der Waals surface area contributed by atoms with Crippen molar-refractivity contribution in [2.75, 3.05) is 6.54 Å². The van der Waals surface area contributed by atoms with Gasteiger partial charge in [-0.2, -0.15) is 0 Å². The van der Waals surface area contributed by atoms with Crippen molar-refractivity contribution in [3.05, 3.63) is 34.9 Å². The summed E-state index contributed by atoms with van der Waals surface area (Å²) < 4.78 is 0. The summed E-state index contributed by atoms with van der Waals surface area (Å²) in [5, 5.41) is 7.11. The van der Waals surface area contributed by atoms with Gasteiger partial charge >= 0.3 is 0 Å². The molecule has 1 aromatic rings. The first-order valence-corrected chi connectivity index (χ1v) is 7.18. The molecule has 3 nitrogen and oxygen atoms in total. The highest BCUT2D eigenvalue weighted by Gasteiger charge is 2.36. The average Bonchev–Trinajstić information content (AvgIpc) is 2.80. The van der Waals surface area contributed by atoms with Crippen molar-refractivity contribution in [1.82, 2.24) is 10.6 Å². The van der Waals surface area contributed by atoms with Crippen molar-refractivity contribution < 1.29 is 4.79 Å². The van der Waals surface area contributed by atoms with Crippen LogP contribution < -0.4 is 10.6 Å². The van der Waals surface area contributed by atoms with Crippen LogP contribution in [0.15, 0.2) is 24.3 Å². The number of carbonyl (C=O) groups is 1. The van der Waals surface area contributed by atoms with Crippen molar-refractivity contribution in [3.8, 4) is 0 Å². The van der Waals surface area contributed by atoms with Gasteiger partial charge in [-0.15, -0.1) is 0 Å². The van der Waals surface area contributed by atoms with Crippen LogP contribution in [0.3, 0.4) is 0 Å². The summed E-state index contributed by atoms with van der Waals surface area (Å²) in [4.78, 5) is 12.2. The Balaban J connectivity index is 1.88. The quantitative estimate of drug-likeness (QED) is 0.890. The molecular weight excluding hydrogens is 260 g/mol. The van der Waals surface area contributed by atoms with Crippen LogP contribution >= 0.6 is 11.6 Å². The zero-order valence-corrected chi connectivity index (χ0v) is 12.3. The topological polar surface area (TPSA) is 41.1 Å². The lowest BCUT2D eigenvalue weighted by atomic mass is 9.98. The van der Waals surface area contributed by atoms with E-state index in [2.05, 4.69) is 10.6 Å². The second-order valence-corrected chi connectivity index (χ2v) is 6.00. The number of carbonyl (C=O) groups excluding carboxylic acids is 1. The van der Waals surface area contributed by atoms with Crippen molar-refractivity contribution >= 4 is 17.5 Å². The third kappa shape index (κ3) is 3.71. The van der Waals surface area contributed by atoms with Crippen LogP contribution in [0.25, 0.3) is 0 Å². The minimum Gasteiger partial charge on any atom is -0.352 e. The van der Waals surface area contributed by atoms with Gasteiger partial charge in [0.1, 0.15) is 0 Å². The van der Waals surface area contributed by atoms with E-state index in [1.807, 2.05) is 38.1 Å². The molecule has 2 atom stereocenters. The van der Waals surface area contributed by atoms with Crippen LogP contribution in [0.4, 0.5) is 0 Å². The molecule has 1 aliphatic rings. The third-order valence-electron chi connectivity index (χ3n) is 3.70. The molecule has 0 aliphatic carbocycles. The van der Waals surface area contributed by atoms with Crippen LogP contribution in [-0.4, -0.2) is 24.0 Å². The highest BCUT2D eigenvalue weighted by Crippen LogP contribution is 2.19. The first kappa shape index (κ1) is 14.4. The van der Waals surface area contributed by atoms with E-state index in [9.17, 15) is 4.79 Å². The first-order valence-electron chi connectivity index (χ1n) is 6.80. The maximum Gasteiger partial charge on any atom is 0.240 e. The minimum atomic E-state index is -0.395. The number of hydrogen-bond acceptors (Lipinski definition) is 2. The van der Waals surface area contributed by atoms with Gasteiger partial charge in [0.05, 0.1) is 5.54 Å². The molecule has 0 spiro atoms. The van der Waals surface area contributed by atoms with Gasteiger partial charge in [0.15, 0.2) is 0 Å². The molecule has 2 unspecified atom stereocenters. The number of nitrogens with one attached hydrogen (secondary N) is 2. The molecule has 0 saturated carbocycles. The molecular formula is C15H21ClN2O. The zero-order chi connectivity index (χ0) is 13.9. The van der Waals surface area contributed by atoms with Gasteiger partial charge in [-0.3, -0.25) is 4.79 Å². The van der Waals surface area contributed by atoms with Crippen molar-refractivity contribution in [2.24, 2.45) is 0 Å². The van der Waals surface area contributed by atoms with E-state index >= 15 is 0 Å². The summed E-state index contributed by atoms with van der Waals surface area (Å²) in [5.74, 6) is 0.103. The number of halogens is 1. The smallest absolute Gasteiger partial charge is 0.240 e. The maximum absolute atomic E-state index is 12.2.